The number of aliphatic imine (C=N–C) groups is 1. The average molecular weight is 364 g/mol. The molecule has 2 heterocycles. The van der Waals surface area contributed by atoms with Crippen LogP contribution in [-0.4, -0.2) is 44.1 Å². The van der Waals surface area contributed by atoms with Crippen LogP contribution >= 0.6 is 0 Å². The first kappa shape index (κ1) is 16.5. The lowest BCUT2D eigenvalue weighted by Crippen LogP contribution is -2.56. The number of rotatable bonds is 3. The lowest BCUT2D eigenvalue weighted by Gasteiger charge is -2.40. The lowest BCUT2D eigenvalue weighted by atomic mass is 9.87. The van der Waals surface area contributed by atoms with E-state index in [9.17, 15) is 8.42 Å². The molecule has 8 heteroatoms. The van der Waals surface area contributed by atoms with Crippen molar-refractivity contribution in [3.63, 3.8) is 0 Å². The maximum Gasteiger partial charge on any atom is 0.242 e. The average Bonchev–Trinajstić information content (AvgIpc) is 3.39. The molecule has 0 aromatic heterocycles. The number of nitrogens with one attached hydrogen (secondary N) is 1. The number of hydrogen-bond donors (Lipinski definition) is 2. The third-order valence-corrected chi connectivity index (χ3v) is 7.86. The summed E-state index contributed by atoms with van der Waals surface area (Å²) in [5.41, 5.74) is 6.71. The largest absolute Gasteiger partial charge is 0.493 e. The van der Waals surface area contributed by atoms with E-state index in [-0.39, 0.29) is 5.96 Å². The van der Waals surface area contributed by atoms with Gasteiger partial charge in [0.2, 0.25) is 16.0 Å². The molecular weight excluding hydrogens is 340 g/mol. The van der Waals surface area contributed by atoms with Crippen molar-refractivity contribution in [1.82, 2.24) is 4.31 Å². The number of guanidine groups is 1. The molecule has 2 atom stereocenters. The number of fused-ring (bicyclic) bond motifs is 3. The molecule has 7 nitrogen and oxygen atoms in total. The first-order chi connectivity index (χ1) is 11.8. The Morgan fingerprint density at radius 1 is 1.40 bits per heavy atom. The van der Waals surface area contributed by atoms with Gasteiger partial charge in [-0.25, -0.2) is 17.7 Å². The van der Waals surface area contributed by atoms with Crippen molar-refractivity contribution in [3.05, 3.63) is 23.8 Å². The van der Waals surface area contributed by atoms with Gasteiger partial charge in [0.1, 0.15) is 16.5 Å². The zero-order valence-corrected chi connectivity index (χ0v) is 15.3. The first-order valence-corrected chi connectivity index (χ1v) is 10.2. The van der Waals surface area contributed by atoms with E-state index >= 15 is 0 Å². The molecule has 0 bridgehead atoms. The van der Waals surface area contributed by atoms with E-state index < -0.39 is 20.8 Å². The second-order valence-corrected chi connectivity index (χ2v) is 9.44. The summed E-state index contributed by atoms with van der Waals surface area (Å²) in [6, 6.07) is 5.84. The SMILES string of the molecule is CN1C(N)=N[C@]2(C)c3cc(NCC4CC4)ccc3OCCC2S1(=O)=O. The molecule has 1 saturated carbocycles. The Balaban J connectivity index is 1.81. The van der Waals surface area contributed by atoms with Crippen molar-refractivity contribution < 1.29 is 13.2 Å². The summed E-state index contributed by atoms with van der Waals surface area (Å²) in [6.07, 6.45) is 2.91. The number of hydrogen-bond acceptors (Lipinski definition) is 6. The predicted molar refractivity (Wildman–Crippen MR) is 97.2 cm³/mol. The molecule has 0 saturated heterocycles. The Morgan fingerprint density at radius 3 is 2.88 bits per heavy atom. The second kappa shape index (κ2) is 5.52. The summed E-state index contributed by atoms with van der Waals surface area (Å²) in [5.74, 6) is 1.44. The fraction of sp³-hybridized carbons (Fsp3) is 0.588. The Labute approximate surface area is 148 Å². The third-order valence-electron chi connectivity index (χ3n) is 5.49. The Hall–Kier alpha value is -1.96. The summed E-state index contributed by atoms with van der Waals surface area (Å²) >= 11 is 0. The van der Waals surface area contributed by atoms with Gasteiger partial charge in [-0.15, -0.1) is 0 Å². The maximum absolute atomic E-state index is 12.9. The molecule has 4 rings (SSSR count). The van der Waals surface area contributed by atoms with Crippen LogP contribution in [0, 0.1) is 5.92 Å². The van der Waals surface area contributed by atoms with Crippen molar-refractivity contribution >= 4 is 21.7 Å². The highest BCUT2D eigenvalue weighted by atomic mass is 32.2. The number of nitrogens with zero attached hydrogens (tertiary/aromatic N) is 2. The van der Waals surface area contributed by atoms with E-state index in [4.69, 9.17) is 10.5 Å². The van der Waals surface area contributed by atoms with Crippen molar-refractivity contribution in [1.29, 1.82) is 0 Å². The Bertz CT molecular complexity index is 834. The highest BCUT2D eigenvalue weighted by molar-refractivity contribution is 7.90. The maximum atomic E-state index is 12.9. The van der Waals surface area contributed by atoms with Gasteiger partial charge < -0.3 is 15.8 Å². The van der Waals surface area contributed by atoms with Crippen LogP contribution in [0.15, 0.2) is 23.2 Å². The van der Waals surface area contributed by atoms with Crippen LogP contribution in [-0.2, 0) is 15.6 Å². The van der Waals surface area contributed by atoms with Crippen LogP contribution in [0.25, 0.3) is 0 Å². The monoisotopic (exact) mass is 364 g/mol. The number of sulfonamides is 1. The quantitative estimate of drug-likeness (QED) is 0.846. The van der Waals surface area contributed by atoms with Gasteiger partial charge in [0.15, 0.2) is 0 Å². The van der Waals surface area contributed by atoms with Crippen LogP contribution in [0.2, 0.25) is 0 Å². The second-order valence-electron chi connectivity index (χ2n) is 7.29. The number of ether oxygens (including phenoxy) is 1. The fourth-order valence-electron chi connectivity index (χ4n) is 3.68. The molecule has 0 spiro atoms. The minimum atomic E-state index is -3.59. The van der Waals surface area contributed by atoms with E-state index in [0.29, 0.717) is 18.8 Å². The molecule has 1 fully saturated rings. The highest BCUT2D eigenvalue weighted by Gasteiger charge is 2.52. The highest BCUT2D eigenvalue weighted by Crippen LogP contribution is 2.46. The predicted octanol–water partition coefficient (Wildman–Crippen LogP) is 1.46. The summed E-state index contributed by atoms with van der Waals surface area (Å²) < 4.78 is 32.8. The summed E-state index contributed by atoms with van der Waals surface area (Å²) in [7, 11) is -2.14. The van der Waals surface area contributed by atoms with Crippen molar-refractivity contribution in [2.75, 3.05) is 25.5 Å². The van der Waals surface area contributed by atoms with Gasteiger partial charge >= 0.3 is 0 Å². The van der Waals surface area contributed by atoms with E-state index in [1.54, 1.807) is 0 Å². The zero-order valence-electron chi connectivity index (χ0n) is 14.5. The van der Waals surface area contributed by atoms with Gasteiger partial charge in [0, 0.05) is 31.3 Å². The van der Waals surface area contributed by atoms with Crippen LogP contribution < -0.4 is 15.8 Å². The van der Waals surface area contributed by atoms with Crippen LogP contribution in [0.3, 0.4) is 0 Å². The Kier molecular flexibility index (Phi) is 3.64. The molecule has 3 aliphatic rings. The normalized spacial score (nSPS) is 30.4. The van der Waals surface area contributed by atoms with Gasteiger partial charge in [0.25, 0.3) is 0 Å². The molecule has 1 aromatic carbocycles. The van der Waals surface area contributed by atoms with E-state index in [1.807, 2.05) is 25.1 Å². The molecule has 0 radical (unpaired) electrons. The minimum absolute atomic E-state index is 0.0166. The zero-order chi connectivity index (χ0) is 17.8. The molecule has 1 aromatic rings. The lowest BCUT2D eigenvalue weighted by molar-refractivity contribution is 0.310. The van der Waals surface area contributed by atoms with Gasteiger partial charge in [-0.1, -0.05) is 0 Å². The van der Waals surface area contributed by atoms with Gasteiger partial charge in [-0.05, 0) is 43.9 Å². The number of nitrogens with two attached hydrogens (primary N) is 1. The van der Waals surface area contributed by atoms with Gasteiger partial charge in [0.05, 0.1) is 6.61 Å². The Morgan fingerprint density at radius 2 is 2.16 bits per heavy atom. The van der Waals surface area contributed by atoms with E-state index in [1.165, 1.54) is 19.9 Å². The summed E-state index contributed by atoms with van der Waals surface area (Å²) in [6.45, 7) is 3.12. The fourth-order valence-corrected chi connectivity index (χ4v) is 5.51. The molecular formula is C17H24N4O3S. The molecule has 1 unspecified atom stereocenters. The van der Waals surface area contributed by atoms with E-state index in [0.717, 1.165) is 28.0 Å². The third kappa shape index (κ3) is 2.63. The molecule has 136 valence electrons. The molecule has 0 amide bonds. The molecule has 25 heavy (non-hydrogen) atoms. The van der Waals surface area contributed by atoms with Gasteiger partial charge in [-0.2, -0.15) is 0 Å². The number of benzene rings is 1. The topological polar surface area (TPSA) is 97.0 Å². The first-order valence-electron chi connectivity index (χ1n) is 8.66. The van der Waals surface area contributed by atoms with Crippen LogP contribution in [0.4, 0.5) is 5.69 Å². The van der Waals surface area contributed by atoms with Crippen molar-refractivity contribution in [3.8, 4) is 5.75 Å². The minimum Gasteiger partial charge on any atom is -0.493 e. The summed E-state index contributed by atoms with van der Waals surface area (Å²) in [5, 5.41) is 2.74. The standard InChI is InChI=1S/C17H24N4O3S/c1-17-13-9-12(19-10-11-3-4-11)5-6-14(13)24-8-7-15(17)25(22,23)21(2)16(18)20-17/h5-6,9,11,15,19H,3-4,7-8,10H2,1-2H3,(H2,18,20)/t15?,17-/m1/s1. The van der Waals surface area contributed by atoms with Crippen molar-refractivity contribution in [2.45, 2.75) is 37.0 Å². The van der Waals surface area contributed by atoms with Crippen LogP contribution in [0.1, 0.15) is 31.7 Å². The molecule has 1 aliphatic carbocycles. The van der Waals surface area contributed by atoms with Crippen LogP contribution in [0.5, 0.6) is 5.75 Å². The number of anilines is 1. The van der Waals surface area contributed by atoms with Gasteiger partial charge in [-0.3, -0.25) is 0 Å². The smallest absolute Gasteiger partial charge is 0.242 e. The van der Waals surface area contributed by atoms with Crippen molar-refractivity contribution in [2.24, 2.45) is 16.6 Å². The molecule has 3 N–H and O–H groups in total. The summed E-state index contributed by atoms with van der Waals surface area (Å²) in [4.78, 5) is 4.60. The molecule has 2 aliphatic heterocycles. The van der Waals surface area contributed by atoms with E-state index in [2.05, 4.69) is 10.3 Å².